The van der Waals surface area contributed by atoms with Crippen LogP contribution in [0.25, 0.3) is 0 Å². The van der Waals surface area contributed by atoms with E-state index in [1.807, 2.05) is 24.3 Å². The number of benzene rings is 1. The summed E-state index contributed by atoms with van der Waals surface area (Å²) in [6.45, 7) is 3.86. The van der Waals surface area contributed by atoms with Gasteiger partial charge in [0.05, 0.1) is 19.8 Å². The molecule has 2 N–H and O–H groups in total. The molecule has 0 saturated carbocycles. The second kappa shape index (κ2) is 6.45. The zero-order valence-corrected chi connectivity index (χ0v) is 12.3. The van der Waals surface area contributed by atoms with Gasteiger partial charge in [0.15, 0.2) is 0 Å². The monoisotopic (exact) mass is 289 g/mol. The summed E-state index contributed by atoms with van der Waals surface area (Å²) in [7, 11) is 1.34. The van der Waals surface area contributed by atoms with Crippen molar-refractivity contribution in [2.45, 2.75) is 26.5 Å². The van der Waals surface area contributed by atoms with Gasteiger partial charge in [-0.3, -0.25) is 0 Å². The van der Waals surface area contributed by atoms with Gasteiger partial charge >= 0.3 is 5.97 Å². The highest BCUT2D eigenvalue weighted by atomic mass is 16.5. The summed E-state index contributed by atoms with van der Waals surface area (Å²) in [5, 5.41) is 12.9. The van der Waals surface area contributed by atoms with Crippen LogP contribution in [0.2, 0.25) is 0 Å². The van der Waals surface area contributed by atoms with Crippen LogP contribution in [-0.2, 0) is 11.3 Å². The lowest BCUT2D eigenvalue weighted by Gasteiger charge is -2.12. The van der Waals surface area contributed by atoms with Gasteiger partial charge in [0.25, 0.3) is 0 Å². The van der Waals surface area contributed by atoms with Crippen molar-refractivity contribution in [1.82, 2.24) is 0 Å². The predicted octanol–water partition coefficient (Wildman–Crippen LogP) is 3.04. The molecule has 0 amide bonds. The minimum Gasteiger partial charge on any atom is -0.465 e. The number of ether oxygens (including phenoxy) is 1. The molecule has 0 aliphatic heterocycles. The fourth-order valence-corrected chi connectivity index (χ4v) is 2.15. The third-order valence-corrected chi connectivity index (χ3v) is 3.24. The van der Waals surface area contributed by atoms with Gasteiger partial charge in [0.2, 0.25) is 0 Å². The highest BCUT2D eigenvalue weighted by molar-refractivity contribution is 5.90. The van der Waals surface area contributed by atoms with Crippen LogP contribution < -0.4 is 5.32 Å². The Morgan fingerprint density at radius 3 is 2.81 bits per heavy atom. The zero-order chi connectivity index (χ0) is 15.4. The number of esters is 1. The van der Waals surface area contributed by atoms with Crippen LogP contribution in [0.4, 0.5) is 5.69 Å². The van der Waals surface area contributed by atoms with Crippen molar-refractivity contribution in [3.63, 3.8) is 0 Å². The molecule has 0 bridgehead atoms. The van der Waals surface area contributed by atoms with Crippen LogP contribution in [-0.4, -0.2) is 18.2 Å². The van der Waals surface area contributed by atoms with Crippen molar-refractivity contribution in [3.8, 4) is 0 Å². The molecule has 1 unspecified atom stereocenters. The summed E-state index contributed by atoms with van der Waals surface area (Å²) >= 11 is 0. The molecule has 0 spiro atoms. The second-order valence-electron chi connectivity index (χ2n) is 4.79. The van der Waals surface area contributed by atoms with Gasteiger partial charge in [0.1, 0.15) is 17.1 Å². The number of methoxy groups -OCH3 is 1. The average molecular weight is 289 g/mol. The first kappa shape index (κ1) is 15.1. The number of aliphatic hydroxyl groups is 1. The summed E-state index contributed by atoms with van der Waals surface area (Å²) in [6.07, 6.45) is -0.558. The number of carbonyl (C=O) groups excluding carboxylic acids is 1. The number of carbonyl (C=O) groups is 1. The molecular weight excluding hydrogens is 270 g/mol. The van der Waals surface area contributed by atoms with E-state index in [9.17, 15) is 9.90 Å². The van der Waals surface area contributed by atoms with Gasteiger partial charge in [-0.1, -0.05) is 18.2 Å². The van der Waals surface area contributed by atoms with Crippen molar-refractivity contribution < 1.29 is 19.1 Å². The number of hydrogen-bond acceptors (Lipinski definition) is 5. The molecule has 0 aliphatic carbocycles. The maximum absolute atomic E-state index is 11.5. The Morgan fingerprint density at radius 2 is 2.14 bits per heavy atom. The SMILES string of the molecule is COC(=O)c1cc(CNc2ccccc2C(C)O)oc1C. The number of rotatable bonds is 5. The van der Waals surface area contributed by atoms with E-state index in [2.05, 4.69) is 5.32 Å². The Labute approximate surface area is 123 Å². The quantitative estimate of drug-likeness (QED) is 0.828. The van der Waals surface area contributed by atoms with Crippen molar-refractivity contribution in [3.05, 3.63) is 53.0 Å². The third kappa shape index (κ3) is 3.44. The molecule has 1 aromatic heterocycles. The van der Waals surface area contributed by atoms with Crippen molar-refractivity contribution in [2.24, 2.45) is 0 Å². The zero-order valence-electron chi connectivity index (χ0n) is 12.3. The van der Waals surface area contributed by atoms with Gasteiger partial charge in [-0.15, -0.1) is 0 Å². The maximum atomic E-state index is 11.5. The van der Waals surface area contributed by atoms with E-state index in [4.69, 9.17) is 9.15 Å². The smallest absolute Gasteiger partial charge is 0.341 e. The molecule has 0 aliphatic rings. The Morgan fingerprint density at radius 1 is 1.43 bits per heavy atom. The molecule has 0 saturated heterocycles. The first-order chi connectivity index (χ1) is 10.0. The second-order valence-corrected chi connectivity index (χ2v) is 4.79. The lowest BCUT2D eigenvalue weighted by Crippen LogP contribution is -2.04. The molecule has 1 aromatic carbocycles. The Kier molecular flexibility index (Phi) is 4.65. The van der Waals surface area contributed by atoms with E-state index in [-0.39, 0.29) is 0 Å². The van der Waals surface area contributed by atoms with Crippen LogP contribution in [0.1, 0.15) is 40.5 Å². The molecular formula is C16H19NO4. The Hall–Kier alpha value is -2.27. The summed E-state index contributed by atoms with van der Waals surface area (Å²) < 4.78 is 10.2. The minimum absolute atomic E-state index is 0.410. The van der Waals surface area contributed by atoms with Crippen LogP contribution in [0.3, 0.4) is 0 Å². The first-order valence-corrected chi connectivity index (χ1v) is 6.71. The largest absolute Gasteiger partial charge is 0.465 e. The molecule has 2 rings (SSSR count). The lowest BCUT2D eigenvalue weighted by molar-refractivity contribution is 0.0599. The van der Waals surface area contributed by atoms with Crippen LogP contribution in [0, 0.1) is 6.92 Å². The summed E-state index contributed by atoms with van der Waals surface area (Å²) in [4.78, 5) is 11.5. The summed E-state index contributed by atoms with van der Waals surface area (Å²) in [5.41, 5.74) is 2.08. The Balaban J connectivity index is 2.12. The van der Waals surface area contributed by atoms with Crippen molar-refractivity contribution in [2.75, 3.05) is 12.4 Å². The molecule has 2 aromatic rings. The maximum Gasteiger partial charge on any atom is 0.341 e. The molecule has 5 heteroatoms. The standard InChI is InChI=1S/C16H19NO4/c1-10(18)13-6-4-5-7-15(13)17-9-12-8-14(11(2)21-12)16(19)20-3/h4-8,10,17-18H,9H2,1-3H3. The van der Waals surface area contributed by atoms with Gasteiger partial charge in [-0.2, -0.15) is 0 Å². The van der Waals surface area contributed by atoms with Gasteiger partial charge in [-0.25, -0.2) is 4.79 Å². The number of aliphatic hydroxyl groups excluding tert-OH is 1. The van der Waals surface area contributed by atoms with Crippen LogP contribution in [0.5, 0.6) is 0 Å². The molecule has 0 radical (unpaired) electrons. The van der Waals surface area contributed by atoms with Gasteiger partial charge < -0.3 is 19.6 Å². The number of anilines is 1. The van der Waals surface area contributed by atoms with E-state index in [0.29, 0.717) is 23.6 Å². The highest BCUT2D eigenvalue weighted by Gasteiger charge is 2.15. The molecule has 1 atom stereocenters. The first-order valence-electron chi connectivity index (χ1n) is 6.71. The van der Waals surface area contributed by atoms with Crippen LogP contribution in [0.15, 0.2) is 34.7 Å². The predicted molar refractivity (Wildman–Crippen MR) is 79.2 cm³/mol. The lowest BCUT2D eigenvalue weighted by atomic mass is 10.1. The van der Waals surface area contributed by atoms with Crippen LogP contribution >= 0.6 is 0 Å². The van der Waals surface area contributed by atoms with E-state index in [1.54, 1.807) is 19.9 Å². The summed E-state index contributed by atoms with van der Waals surface area (Å²) in [6, 6.07) is 9.18. The number of nitrogens with one attached hydrogen (secondary N) is 1. The molecule has 21 heavy (non-hydrogen) atoms. The highest BCUT2D eigenvalue weighted by Crippen LogP contribution is 2.23. The molecule has 1 heterocycles. The number of aryl methyl sites for hydroxylation is 1. The number of para-hydroxylation sites is 1. The van der Waals surface area contributed by atoms with E-state index in [1.165, 1.54) is 7.11 Å². The fraction of sp³-hybridized carbons (Fsp3) is 0.312. The average Bonchev–Trinajstić information content (AvgIpc) is 2.85. The minimum atomic E-state index is -0.558. The number of furan rings is 1. The molecule has 112 valence electrons. The van der Waals surface area contributed by atoms with E-state index >= 15 is 0 Å². The third-order valence-electron chi connectivity index (χ3n) is 3.24. The van der Waals surface area contributed by atoms with Crippen molar-refractivity contribution in [1.29, 1.82) is 0 Å². The number of hydrogen-bond donors (Lipinski definition) is 2. The fourth-order valence-electron chi connectivity index (χ4n) is 2.15. The summed E-state index contributed by atoms with van der Waals surface area (Å²) in [5.74, 6) is 0.752. The van der Waals surface area contributed by atoms with Gasteiger partial charge in [0, 0.05) is 11.3 Å². The van der Waals surface area contributed by atoms with E-state index in [0.717, 1.165) is 11.3 Å². The van der Waals surface area contributed by atoms with Gasteiger partial charge in [-0.05, 0) is 26.0 Å². The molecule has 5 nitrogen and oxygen atoms in total. The Bertz CT molecular complexity index is 631. The van der Waals surface area contributed by atoms with E-state index < -0.39 is 12.1 Å². The topological polar surface area (TPSA) is 71.7 Å². The van der Waals surface area contributed by atoms with Crippen molar-refractivity contribution >= 4 is 11.7 Å². The normalized spacial score (nSPS) is 12.0. The molecule has 0 fully saturated rings.